The van der Waals surface area contributed by atoms with E-state index < -0.39 is 23.1 Å². The first-order valence-electron chi connectivity index (χ1n) is 5.93. The van der Waals surface area contributed by atoms with Crippen molar-refractivity contribution in [3.8, 4) is 0 Å². The Balaban J connectivity index is 2.28. The summed E-state index contributed by atoms with van der Waals surface area (Å²) in [6.45, 7) is 1.48. The molecule has 1 aromatic carbocycles. The second-order valence-corrected chi connectivity index (χ2v) is 5.77. The number of thioether (sulfide) groups is 1. The Kier molecular flexibility index (Phi) is 5.75. The van der Waals surface area contributed by atoms with E-state index in [-0.39, 0.29) is 0 Å². The average molecular weight is 289 g/mol. The van der Waals surface area contributed by atoms with E-state index in [4.69, 9.17) is 10.8 Å². The van der Waals surface area contributed by atoms with E-state index in [1.807, 2.05) is 0 Å². The van der Waals surface area contributed by atoms with Crippen LogP contribution in [0.1, 0.15) is 26.2 Å². The van der Waals surface area contributed by atoms with Crippen LogP contribution in [0.25, 0.3) is 0 Å². The number of unbranched alkanes of at least 4 members (excludes halogenated alkanes) is 1. The van der Waals surface area contributed by atoms with Gasteiger partial charge in [-0.25, -0.2) is 8.78 Å². The van der Waals surface area contributed by atoms with Crippen LogP contribution < -0.4 is 5.73 Å². The van der Waals surface area contributed by atoms with Crippen LogP contribution in [-0.2, 0) is 4.79 Å². The van der Waals surface area contributed by atoms with Gasteiger partial charge in [-0.3, -0.25) is 4.79 Å². The van der Waals surface area contributed by atoms with Crippen molar-refractivity contribution in [1.82, 2.24) is 0 Å². The smallest absolute Gasteiger partial charge is 0.323 e. The maximum atomic E-state index is 12.9. The normalized spacial score (nSPS) is 14.1. The SMILES string of the molecule is CC(N)(CCCCSc1ccc(F)c(F)c1)C(=O)O. The maximum absolute atomic E-state index is 12.9. The van der Waals surface area contributed by atoms with Crippen molar-refractivity contribution in [2.75, 3.05) is 5.75 Å². The molecule has 3 N–H and O–H groups in total. The van der Waals surface area contributed by atoms with Gasteiger partial charge in [0.15, 0.2) is 11.6 Å². The van der Waals surface area contributed by atoms with Crippen LogP contribution in [-0.4, -0.2) is 22.4 Å². The molecule has 3 nitrogen and oxygen atoms in total. The van der Waals surface area contributed by atoms with Gasteiger partial charge in [0.1, 0.15) is 5.54 Å². The lowest BCUT2D eigenvalue weighted by atomic mass is 9.97. The molecule has 0 heterocycles. The van der Waals surface area contributed by atoms with Gasteiger partial charge in [0.05, 0.1) is 0 Å². The molecule has 0 amide bonds. The number of halogens is 2. The lowest BCUT2D eigenvalue weighted by molar-refractivity contribution is -0.142. The summed E-state index contributed by atoms with van der Waals surface area (Å²) >= 11 is 1.41. The van der Waals surface area contributed by atoms with Gasteiger partial charge in [0, 0.05) is 4.90 Å². The fraction of sp³-hybridized carbons (Fsp3) is 0.462. The average Bonchev–Trinajstić information content (AvgIpc) is 2.33. The number of hydrogen-bond acceptors (Lipinski definition) is 3. The molecule has 0 aromatic heterocycles. The minimum absolute atomic E-state index is 0.390. The van der Waals surface area contributed by atoms with Crippen LogP contribution in [0.5, 0.6) is 0 Å². The number of nitrogens with two attached hydrogens (primary N) is 1. The molecule has 1 unspecified atom stereocenters. The number of aliphatic carboxylic acids is 1. The molecule has 0 saturated carbocycles. The molecule has 0 radical (unpaired) electrons. The van der Waals surface area contributed by atoms with Gasteiger partial charge in [-0.15, -0.1) is 11.8 Å². The van der Waals surface area contributed by atoms with Crippen LogP contribution in [0.4, 0.5) is 8.78 Å². The van der Waals surface area contributed by atoms with Gasteiger partial charge in [-0.2, -0.15) is 0 Å². The lowest BCUT2D eigenvalue weighted by Gasteiger charge is -2.18. The molecule has 0 spiro atoms. The highest BCUT2D eigenvalue weighted by molar-refractivity contribution is 7.99. The minimum atomic E-state index is -1.20. The van der Waals surface area contributed by atoms with Crippen LogP contribution in [0.2, 0.25) is 0 Å². The molecule has 0 saturated heterocycles. The number of carboxylic acids is 1. The minimum Gasteiger partial charge on any atom is -0.480 e. The first-order valence-corrected chi connectivity index (χ1v) is 6.91. The van der Waals surface area contributed by atoms with E-state index in [0.717, 1.165) is 18.6 Å². The Labute approximate surface area is 115 Å². The van der Waals surface area contributed by atoms with Crippen LogP contribution in [0, 0.1) is 11.6 Å². The molecule has 0 aliphatic carbocycles. The summed E-state index contributed by atoms with van der Waals surface area (Å²) in [6, 6.07) is 3.77. The molecule has 1 aromatic rings. The van der Waals surface area contributed by atoms with Gasteiger partial charge < -0.3 is 10.8 Å². The number of rotatable bonds is 7. The zero-order chi connectivity index (χ0) is 14.5. The molecule has 1 atom stereocenters. The molecular weight excluding hydrogens is 272 g/mol. The summed E-state index contributed by atoms with van der Waals surface area (Å²) in [7, 11) is 0. The first kappa shape index (κ1) is 15.9. The summed E-state index contributed by atoms with van der Waals surface area (Å²) in [5.41, 5.74) is 4.39. The highest BCUT2D eigenvalue weighted by atomic mass is 32.2. The summed E-state index contributed by atoms with van der Waals surface area (Å²) in [6.07, 6.45) is 1.83. The van der Waals surface area contributed by atoms with Gasteiger partial charge >= 0.3 is 5.97 Å². The van der Waals surface area contributed by atoms with Crippen LogP contribution in [0.15, 0.2) is 23.1 Å². The van der Waals surface area contributed by atoms with E-state index >= 15 is 0 Å². The molecule has 0 fully saturated rings. The van der Waals surface area contributed by atoms with Crippen LogP contribution >= 0.6 is 11.8 Å². The van der Waals surface area contributed by atoms with Crippen molar-refractivity contribution in [2.45, 2.75) is 36.6 Å². The molecule has 106 valence electrons. The second kappa shape index (κ2) is 6.86. The van der Waals surface area contributed by atoms with E-state index in [9.17, 15) is 13.6 Å². The highest BCUT2D eigenvalue weighted by Crippen LogP contribution is 2.22. The monoisotopic (exact) mass is 289 g/mol. The molecule has 1 rings (SSSR count). The van der Waals surface area contributed by atoms with E-state index in [0.29, 0.717) is 23.5 Å². The van der Waals surface area contributed by atoms with E-state index in [1.165, 1.54) is 24.8 Å². The third-order valence-corrected chi connectivity index (χ3v) is 3.82. The first-order chi connectivity index (χ1) is 8.83. The molecule has 6 heteroatoms. The van der Waals surface area contributed by atoms with E-state index in [1.54, 1.807) is 0 Å². The second-order valence-electron chi connectivity index (χ2n) is 4.60. The number of carboxylic acid groups (broad SMARTS) is 1. The Bertz CT molecular complexity index is 452. The Morgan fingerprint density at radius 3 is 2.63 bits per heavy atom. The maximum Gasteiger partial charge on any atom is 0.323 e. The van der Waals surface area contributed by atoms with Crippen molar-refractivity contribution in [3.63, 3.8) is 0 Å². The van der Waals surface area contributed by atoms with Gasteiger partial charge in [0.25, 0.3) is 0 Å². The zero-order valence-electron chi connectivity index (χ0n) is 10.7. The summed E-state index contributed by atoms with van der Waals surface area (Å²) in [5, 5.41) is 8.82. The largest absolute Gasteiger partial charge is 0.480 e. The molecular formula is C13H17F2NO2S. The Morgan fingerprint density at radius 2 is 2.05 bits per heavy atom. The third kappa shape index (κ3) is 5.16. The zero-order valence-corrected chi connectivity index (χ0v) is 11.5. The molecule has 19 heavy (non-hydrogen) atoms. The van der Waals surface area contributed by atoms with Gasteiger partial charge in [0.2, 0.25) is 0 Å². The van der Waals surface area contributed by atoms with E-state index in [2.05, 4.69) is 0 Å². The topological polar surface area (TPSA) is 63.3 Å². The van der Waals surface area contributed by atoms with Crippen molar-refractivity contribution < 1.29 is 18.7 Å². The van der Waals surface area contributed by atoms with Gasteiger partial charge in [-0.1, -0.05) is 6.42 Å². The fourth-order valence-corrected chi connectivity index (χ4v) is 2.39. The molecule has 0 bridgehead atoms. The number of benzene rings is 1. The standard InChI is InChI=1S/C13H17F2NO2S/c1-13(16,12(17)18)6-2-3-7-19-9-4-5-10(14)11(15)8-9/h4-5,8H,2-3,6-7,16H2,1H3,(H,17,18). The van der Waals surface area contributed by atoms with Crippen molar-refractivity contribution >= 4 is 17.7 Å². The van der Waals surface area contributed by atoms with Gasteiger partial charge in [-0.05, 0) is 43.7 Å². The van der Waals surface area contributed by atoms with Crippen molar-refractivity contribution in [1.29, 1.82) is 0 Å². The highest BCUT2D eigenvalue weighted by Gasteiger charge is 2.26. The quantitative estimate of drug-likeness (QED) is 0.598. The van der Waals surface area contributed by atoms with Crippen molar-refractivity contribution in [3.05, 3.63) is 29.8 Å². The summed E-state index contributed by atoms with van der Waals surface area (Å²) < 4.78 is 25.6. The lowest BCUT2D eigenvalue weighted by Crippen LogP contribution is -2.44. The van der Waals surface area contributed by atoms with Crippen LogP contribution in [0.3, 0.4) is 0 Å². The molecule has 0 aliphatic rings. The fourth-order valence-electron chi connectivity index (χ4n) is 1.46. The predicted molar refractivity (Wildman–Crippen MR) is 71.2 cm³/mol. The predicted octanol–water partition coefficient (Wildman–Crippen LogP) is 3.03. The van der Waals surface area contributed by atoms with Crippen molar-refractivity contribution in [2.24, 2.45) is 5.73 Å². The Morgan fingerprint density at radius 1 is 1.37 bits per heavy atom. The summed E-state index contributed by atoms with van der Waals surface area (Å²) in [5.74, 6) is -2.02. The molecule has 0 aliphatic heterocycles. The Hall–Kier alpha value is -1.14. The number of hydrogen-bond donors (Lipinski definition) is 2. The third-order valence-electron chi connectivity index (χ3n) is 2.74. The summed E-state index contributed by atoms with van der Waals surface area (Å²) in [4.78, 5) is 11.4. The number of carbonyl (C=O) groups is 1.